The number of fused-ring (bicyclic) bond motifs is 1. The second-order valence-corrected chi connectivity index (χ2v) is 5.24. The Bertz CT molecular complexity index is 937. The third-order valence-electron chi connectivity index (χ3n) is 3.71. The molecule has 0 aliphatic carbocycles. The van der Waals surface area contributed by atoms with Gasteiger partial charge in [-0.3, -0.25) is 9.36 Å². The van der Waals surface area contributed by atoms with Crippen LogP contribution in [0.1, 0.15) is 25.2 Å². The van der Waals surface area contributed by atoms with Crippen LogP contribution in [0.5, 0.6) is 0 Å². The normalized spacial score (nSPS) is 12.5. The molecule has 0 aliphatic rings. The van der Waals surface area contributed by atoms with Crippen LogP contribution in [0.15, 0.2) is 47.3 Å². The summed E-state index contributed by atoms with van der Waals surface area (Å²) in [4.78, 5) is 17.2. The molecule has 0 aliphatic heterocycles. The molecule has 23 heavy (non-hydrogen) atoms. The molecule has 1 unspecified atom stereocenters. The SMILES string of the molecule is CCC(N)c1nc2cccc(F)c2c(=O)n1-c1cccc(F)c1. The highest BCUT2D eigenvalue weighted by Crippen LogP contribution is 2.20. The fourth-order valence-electron chi connectivity index (χ4n) is 2.50. The molecule has 0 saturated heterocycles. The molecule has 0 amide bonds. The van der Waals surface area contributed by atoms with Crippen LogP contribution in [-0.2, 0) is 0 Å². The first kappa shape index (κ1) is 15.3. The Morgan fingerprint density at radius 1 is 1.22 bits per heavy atom. The number of hydrogen-bond donors (Lipinski definition) is 1. The molecule has 0 saturated carbocycles. The number of nitrogens with two attached hydrogens (primary N) is 1. The van der Waals surface area contributed by atoms with Gasteiger partial charge in [-0.2, -0.15) is 0 Å². The van der Waals surface area contributed by atoms with Crippen LogP contribution in [-0.4, -0.2) is 9.55 Å². The second-order valence-electron chi connectivity index (χ2n) is 5.24. The highest BCUT2D eigenvalue weighted by molar-refractivity contribution is 5.78. The van der Waals surface area contributed by atoms with Crippen LogP contribution >= 0.6 is 0 Å². The maximum Gasteiger partial charge on any atom is 0.269 e. The lowest BCUT2D eigenvalue weighted by atomic mass is 10.1. The van der Waals surface area contributed by atoms with E-state index in [1.165, 1.54) is 34.9 Å². The van der Waals surface area contributed by atoms with E-state index >= 15 is 0 Å². The predicted molar refractivity (Wildman–Crippen MR) is 84.5 cm³/mol. The molecular weight excluding hydrogens is 300 g/mol. The van der Waals surface area contributed by atoms with Crippen LogP contribution in [0.4, 0.5) is 8.78 Å². The summed E-state index contributed by atoms with van der Waals surface area (Å²) in [6, 6.07) is 9.21. The second kappa shape index (κ2) is 5.89. The Hall–Kier alpha value is -2.60. The van der Waals surface area contributed by atoms with Gasteiger partial charge in [-0.05, 0) is 36.8 Å². The van der Waals surface area contributed by atoms with Crippen LogP contribution in [0.25, 0.3) is 16.6 Å². The van der Waals surface area contributed by atoms with Gasteiger partial charge in [-0.25, -0.2) is 13.8 Å². The number of halogens is 2. The lowest BCUT2D eigenvalue weighted by Crippen LogP contribution is -2.28. The number of aromatic nitrogens is 2. The minimum atomic E-state index is -0.665. The third kappa shape index (κ3) is 2.61. The van der Waals surface area contributed by atoms with Crippen LogP contribution in [0.2, 0.25) is 0 Å². The van der Waals surface area contributed by atoms with Gasteiger partial charge in [0.25, 0.3) is 5.56 Å². The maximum atomic E-state index is 14.1. The van der Waals surface area contributed by atoms with Crippen molar-refractivity contribution in [3.05, 3.63) is 70.3 Å². The van der Waals surface area contributed by atoms with E-state index < -0.39 is 23.2 Å². The van der Waals surface area contributed by atoms with Gasteiger partial charge in [0.2, 0.25) is 0 Å². The summed E-state index contributed by atoms with van der Waals surface area (Å²) in [5, 5.41) is -0.135. The lowest BCUT2D eigenvalue weighted by Gasteiger charge is -2.17. The van der Waals surface area contributed by atoms with Crippen molar-refractivity contribution in [1.82, 2.24) is 9.55 Å². The summed E-state index contributed by atoms with van der Waals surface area (Å²) in [6.07, 6.45) is 0.530. The highest BCUT2D eigenvalue weighted by atomic mass is 19.1. The van der Waals surface area contributed by atoms with E-state index in [4.69, 9.17) is 5.73 Å². The van der Waals surface area contributed by atoms with Crippen molar-refractivity contribution in [2.75, 3.05) is 0 Å². The number of nitrogens with zero attached hydrogens (tertiary/aromatic N) is 2. The first-order valence-electron chi connectivity index (χ1n) is 7.25. The molecule has 0 fully saturated rings. The Morgan fingerprint density at radius 3 is 2.65 bits per heavy atom. The van der Waals surface area contributed by atoms with E-state index in [1.54, 1.807) is 12.1 Å². The van der Waals surface area contributed by atoms with Crippen LogP contribution < -0.4 is 11.3 Å². The third-order valence-corrected chi connectivity index (χ3v) is 3.71. The van der Waals surface area contributed by atoms with E-state index in [2.05, 4.69) is 4.98 Å². The van der Waals surface area contributed by atoms with Crippen molar-refractivity contribution in [3.63, 3.8) is 0 Å². The molecule has 0 spiro atoms. The number of hydrogen-bond acceptors (Lipinski definition) is 3. The quantitative estimate of drug-likeness (QED) is 0.808. The topological polar surface area (TPSA) is 60.9 Å². The summed E-state index contributed by atoms with van der Waals surface area (Å²) in [6.45, 7) is 1.85. The van der Waals surface area contributed by atoms with Gasteiger partial charge in [-0.1, -0.05) is 19.1 Å². The van der Waals surface area contributed by atoms with Gasteiger partial charge in [0.1, 0.15) is 22.8 Å². The predicted octanol–water partition coefficient (Wildman–Crippen LogP) is 3.07. The highest BCUT2D eigenvalue weighted by Gasteiger charge is 2.19. The van der Waals surface area contributed by atoms with Crippen LogP contribution in [0, 0.1) is 11.6 Å². The monoisotopic (exact) mass is 315 g/mol. The zero-order valence-corrected chi connectivity index (χ0v) is 12.5. The Kier molecular flexibility index (Phi) is 3.92. The van der Waals surface area contributed by atoms with Crippen molar-refractivity contribution in [1.29, 1.82) is 0 Å². The Balaban J connectivity index is 2.44. The smallest absolute Gasteiger partial charge is 0.269 e. The molecule has 1 atom stereocenters. The molecule has 2 aromatic carbocycles. The molecule has 0 bridgehead atoms. The van der Waals surface area contributed by atoms with Crippen molar-refractivity contribution >= 4 is 10.9 Å². The molecule has 6 heteroatoms. The average molecular weight is 315 g/mol. The van der Waals surface area contributed by atoms with Gasteiger partial charge in [0.15, 0.2) is 0 Å². The zero-order valence-electron chi connectivity index (χ0n) is 12.5. The molecule has 4 nitrogen and oxygen atoms in total. The zero-order chi connectivity index (χ0) is 16.6. The summed E-state index contributed by atoms with van der Waals surface area (Å²) in [5.74, 6) is -0.887. The Morgan fingerprint density at radius 2 is 1.96 bits per heavy atom. The van der Waals surface area contributed by atoms with Gasteiger partial charge in [0.05, 0.1) is 17.2 Å². The Labute approximate surface area is 131 Å². The van der Waals surface area contributed by atoms with Crippen molar-refractivity contribution in [2.24, 2.45) is 5.73 Å². The average Bonchev–Trinajstić information content (AvgIpc) is 2.53. The summed E-state index contributed by atoms with van der Waals surface area (Å²) in [7, 11) is 0. The first-order chi connectivity index (χ1) is 11.0. The molecule has 2 N–H and O–H groups in total. The fourth-order valence-corrected chi connectivity index (χ4v) is 2.50. The van der Waals surface area contributed by atoms with Gasteiger partial charge in [0, 0.05) is 0 Å². The minimum absolute atomic E-state index is 0.135. The minimum Gasteiger partial charge on any atom is -0.321 e. The summed E-state index contributed by atoms with van der Waals surface area (Å²) >= 11 is 0. The van der Waals surface area contributed by atoms with Crippen molar-refractivity contribution in [2.45, 2.75) is 19.4 Å². The number of benzene rings is 2. The molecular formula is C17H15F2N3O. The van der Waals surface area contributed by atoms with E-state index in [1.807, 2.05) is 6.92 Å². The maximum absolute atomic E-state index is 14.1. The number of rotatable bonds is 3. The van der Waals surface area contributed by atoms with Crippen molar-refractivity contribution < 1.29 is 8.78 Å². The summed E-state index contributed by atoms with van der Waals surface area (Å²) < 4.78 is 28.8. The van der Waals surface area contributed by atoms with E-state index in [9.17, 15) is 13.6 Å². The lowest BCUT2D eigenvalue weighted by molar-refractivity contribution is 0.607. The van der Waals surface area contributed by atoms with Gasteiger partial charge >= 0.3 is 0 Å². The largest absolute Gasteiger partial charge is 0.321 e. The molecule has 1 aromatic heterocycles. The first-order valence-corrected chi connectivity index (χ1v) is 7.25. The molecule has 0 radical (unpaired) electrons. The molecule has 3 aromatic rings. The fraction of sp³-hybridized carbons (Fsp3) is 0.176. The molecule has 3 rings (SSSR count). The van der Waals surface area contributed by atoms with Crippen molar-refractivity contribution in [3.8, 4) is 5.69 Å². The van der Waals surface area contributed by atoms with Gasteiger partial charge < -0.3 is 5.73 Å². The standard InChI is InChI=1S/C17H15F2N3O/c1-2-13(20)16-21-14-8-4-7-12(19)15(14)17(23)22(16)11-6-3-5-10(18)9-11/h3-9,13H,2,20H2,1H3. The summed E-state index contributed by atoms with van der Waals surface area (Å²) in [5.41, 5.74) is 5.97. The van der Waals surface area contributed by atoms with E-state index in [0.717, 1.165) is 0 Å². The van der Waals surface area contributed by atoms with Gasteiger partial charge in [-0.15, -0.1) is 0 Å². The molecule has 1 heterocycles. The van der Waals surface area contributed by atoms with Crippen LogP contribution in [0.3, 0.4) is 0 Å². The van der Waals surface area contributed by atoms with E-state index in [0.29, 0.717) is 6.42 Å². The van der Waals surface area contributed by atoms with E-state index in [-0.39, 0.29) is 22.4 Å². The molecule has 118 valence electrons.